The van der Waals surface area contributed by atoms with Gasteiger partial charge < -0.3 is 4.74 Å². The Hall–Kier alpha value is -2.75. The van der Waals surface area contributed by atoms with Gasteiger partial charge in [0.25, 0.3) is 0 Å². The molecule has 3 rings (SSSR count). The zero-order chi connectivity index (χ0) is 18.7. The predicted molar refractivity (Wildman–Crippen MR) is 96.6 cm³/mol. The Morgan fingerprint density at radius 3 is 2.23 bits per heavy atom. The number of benzene rings is 3. The maximum Gasteiger partial charge on any atom is 0.165 e. The molecule has 1 nitrogen and oxygen atoms in total. The lowest BCUT2D eigenvalue weighted by atomic mass is 10.0. The summed E-state index contributed by atoms with van der Waals surface area (Å²) in [5.41, 5.74) is 2.59. The van der Waals surface area contributed by atoms with Gasteiger partial charge in [0.05, 0.1) is 0 Å². The van der Waals surface area contributed by atoms with Crippen LogP contribution in [-0.4, -0.2) is 0 Å². The molecule has 4 heteroatoms. The van der Waals surface area contributed by atoms with Crippen molar-refractivity contribution in [2.75, 3.05) is 0 Å². The van der Waals surface area contributed by atoms with E-state index in [0.29, 0.717) is 11.3 Å². The van der Waals surface area contributed by atoms with Crippen LogP contribution >= 0.6 is 0 Å². The first-order valence-corrected chi connectivity index (χ1v) is 8.44. The molecule has 0 fully saturated rings. The maximum absolute atomic E-state index is 14.2. The third kappa shape index (κ3) is 3.74. The zero-order valence-corrected chi connectivity index (χ0v) is 14.7. The fraction of sp³-hybridized carbons (Fsp3) is 0.182. The van der Waals surface area contributed by atoms with Crippen LogP contribution in [0.1, 0.15) is 23.6 Å². The normalized spacial score (nSPS) is 10.8. The summed E-state index contributed by atoms with van der Waals surface area (Å²) in [5, 5.41) is 0. The molecule has 0 amide bonds. The Labute approximate surface area is 151 Å². The second-order valence-electron chi connectivity index (χ2n) is 6.15. The van der Waals surface area contributed by atoms with Gasteiger partial charge in [-0.15, -0.1) is 0 Å². The molecule has 0 aliphatic carbocycles. The Kier molecular flexibility index (Phi) is 5.31. The summed E-state index contributed by atoms with van der Waals surface area (Å²) in [6, 6.07) is 15.1. The van der Waals surface area contributed by atoms with E-state index in [1.807, 2.05) is 13.0 Å². The first kappa shape index (κ1) is 18.1. The lowest BCUT2D eigenvalue weighted by Gasteiger charge is -2.10. The van der Waals surface area contributed by atoms with E-state index in [0.717, 1.165) is 17.5 Å². The van der Waals surface area contributed by atoms with Gasteiger partial charge in [-0.3, -0.25) is 0 Å². The zero-order valence-electron chi connectivity index (χ0n) is 14.7. The van der Waals surface area contributed by atoms with Crippen LogP contribution in [0.3, 0.4) is 0 Å². The van der Waals surface area contributed by atoms with Crippen LogP contribution in [0.4, 0.5) is 13.2 Å². The highest BCUT2D eigenvalue weighted by Gasteiger charge is 2.11. The first-order valence-electron chi connectivity index (χ1n) is 8.44. The first-order chi connectivity index (χ1) is 12.5. The molecule has 0 saturated carbocycles. The molecule has 0 saturated heterocycles. The van der Waals surface area contributed by atoms with Crippen LogP contribution in [0.2, 0.25) is 0 Å². The van der Waals surface area contributed by atoms with E-state index in [2.05, 4.69) is 0 Å². The highest BCUT2D eigenvalue weighted by atomic mass is 19.2. The largest absolute Gasteiger partial charge is 0.489 e. The van der Waals surface area contributed by atoms with E-state index in [-0.39, 0.29) is 23.6 Å². The van der Waals surface area contributed by atoms with Crippen LogP contribution in [0, 0.1) is 24.4 Å². The highest BCUT2D eigenvalue weighted by Crippen LogP contribution is 2.26. The molecule has 26 heavy (non-hydrogen) atoms. The van der Waals surface area contributed by atoms with Crippen LogP contribution < -0.4 is 4.74 Å². The van der Waals surface area contributed by atoms with E-state index in [1.54, 1.807) is 30.3 Å². The Morgan fingerprint density at radius 2 is 1.58 bits per heavy atom. The molecule has 0 aliphatic heterocycles. The molecule has 0 aromatic heterocycles. The van der Waals surface area contributed by atoms with E-state index < -0.39 is 11.6 Å². The van der Waals surface area contributed by atoms with Gasteiger partial charge in [0, 0.05) is 11.1 Å². The summed E-state index contributed by atoms with van der Waals surface area (Å²) in [5.74, 6) is -1.51. The summed E-state index contributed by atoms with van der Waals surface area (Å²) in [7, 11) is 0. The third-order valence-corrected chi connectivity index (χ3v) is 4.36. The summed E-state index contributed by atoms with van der Waals surface area (Å²) < 4.78 is 47.2. The van der Waals surface area contributed by atoms with Crippen LogP contribution in [0.25, 0.3) is 11.1 Å². The lowest BCUT2D eigenvalue weighted by molar-refractivity contribution is 0.297. The second-order valence-corrected chi connectivity index (χ2v) is 6.15. The molecule has 0 heterocycles. The maximum atomic E-state index is 14.2. The minimum absolute atomic E-state index is 0.0814. The van der Waals surface area contributed by atoms with Crippen molar-refractivity contribution < 1.29 is 17.9 Å². The van der Waals surface area contributed by atoms with Crippen molar-refractivity contribution in [3.63, 3.8) is 0 Å². The van der Waals surface area contributed by atoms with E-state index in [1.165, 1.54) is 25.1 Å². The van der Waals surface area contributed by atoms with Crippen molar-refractivity contribution in [2.24, 2.45) is 0 Å². The molecule has 0 atom stereocenters. The molecular formula is C22H19F3O. The lowest BCUT2D eigenvalue weighted by Crippen LogP contribution is -2.02. The summed E-state index contributed by atoms with van der Waals surface area (Å²) in [4.78, 5) is 0. The standard InChI is InChI=1S/C22H19F3O/c1-3-15-5-11-19(20(23)12-15)16-7-9-18(10-8-16)26-13-17-6-4-14(2)21(24)22(17)25/h4-12H,3,13H2,1-2H3. The smallest absolute Gasteiger partial charge is 0.165 e. The van der Waals surface area contributed by atoms with E-state index >= 15 is 0 Å². The van der Waals surface area contributed by atoms with Gasteiger partial charge in [-0.25, -0.2) is 13.2 Å². The Bertz CT molecular complexity index is 917. The van der Waals surface area contributed by atoms with Crippen LogP contribution in [-0.2, 0) is 13.0 Å². The van der Waals surface area contributed by atoms with Gasteiger partial charge >= 0.3 is 0 Å². The number of hydrogen-bond donors (Lipinski definition) is 0. The Balaban J connectivity index is 1.73. The van der Waals surface area contributed by atoms with Gasteiger partial charge in [0.1, 0.15) is 18.2 Å². The van der Waals surface area contributed by atoms with Gasteiger partial charge in [-0.1, -0.05) is 43.3 Å². The van der Waals surface area contributed by atoms with Crippen LogP contribution in [0.5, 0.6) is 5.75 Å². The average molecular weight is 356 g/mol. The van der Waals surface area contributed by atoms with Gasteiger partial charge in [-0.05, 0) is 48.2 Å². The summed E-state index contributed by atoms with van der Waals surface area (Å²) >= 11 is 0. The second kappa shape index (κ2) is 7.65. The highest BCUT2D eigenvalue weighted by molar-refractivity contribution is 5.65. The number of rotatable bonds is 5. The molecule has 3 aromatic carbocycles. The topological polar surface area (TPSA) is 9.23 Å². The van der Waals surface area contributed by atoms with Crippen molar-refractivity contribution in [3.8, 4) is 16.9 Å². The van der Waals surface area contributed by atoms with Crippen molar-refractivity contribution in [3.05, 3.63) is 88.7 Å². The SMILES string of the molecule is CCc1ccc(-c2ccc(OCc3ccc(C)c(F)c3F)cc2)c(F)c1. The molecule has 0 unspecified atom stereocenters. The van der Waals surface area contributed by atoms with Crippen molar-refractivity contribution in [2.45, 2.75) is 26.9 Å². The predicted octanol–water partition coefficient (Wildman–Crippen LogP) is 6.22. The minimum Gasteiger partial charge on any atom is -0.489 e. The minimum atomic E-state index is -0.889. The molecule has 0 bridgehead atoms. The fourth-order valence-corrected chi connectivity index (χ4v) is 2.70. The molecular weight excluding hydrogens is 337 g/mol. The van der Waals surface area contributed by atoms with Gasteiger partial charge in [0.15, 0.2) is 11.6 Å². The number of halogens is 3. The van der Waals surface area contributed by atoms with Crippen molar-refractivity contribution in [1.82, 2.24) is 0 Å². The van der Waals surface area contributed by atoms with Crippen LogP contribution in [0.15, 0.2) is 54.6 Å². The third-order valence-electron chi connectivity index (χ3n) is 4.36. The number of aryl methyl sites for hydroxylation is 2. The number of ether oxygens (including phenoxy) is 1. The van der Waals surface area contributed by atoms with Gasteiger partial charge in [0.2, 0.25) is 0 Å². The molecule has 3 aromatic rings. The summed E-state index contributed by atoms with van der Waals surface area (Å²) in [6.07, 6.45) is 0.778. The summed E-state index contributed by atoms with van der Waals surface area (Å²) in [6.45, 7) is 3.40. The molecule has 0 N–H and O–H groups in total. The molecule has 0 aliphatic rings. The van der Waals surface area contributed by atoms with Gasteiger partial charge in [-0.2, -0.15) is 0 Å². The monoisotopic (exact) mass is 356 g/mol. The Morgan fingerprint density at radius 1 is 0.846 bits per heavy atom. The molecule has 134 valence electrons. The van der Waals surface area contributed by atoms with E-state index in [4.69, 9.17) is 4.74 Å². The molecule has 0 radical (unpaired) electrons. The molecule has 0 spiro atoms. The van der Waals surface area contributed by atoms with Crippen molar-refractivity contribution >= 4 is 0 Å². The number of hydrogen-bond acceptors (Lipinski definition) is 1. The fourth-order valence-electron chi connectivity index (χ4n) is 2.70. The quantitative estimate of drug-likeness (QED) is 0.527. The van der Waals surface area contributed by atoms with Crippen molar-refractivity contribution in [1.29, 1.82) is 0 Å². The van der Waals surface area contributed by atoms with E-state index in [9.17, 15) is 13.2 Å². The average Bonchev–Trinajstić information content (AvgIpc) is 2.66.